The Balaban J connectivity index is 2.07. The lowest BCUT2D eigenvalue weighted by atomic mass is 10.1. The van der Waals surface area contributed by atoms with E-state index in [2.05, 4.69) is 42.4 Å². The minimum Gasteiger partial charge on any atom is -0.462 e. The van der Waals surface area contributed by atoms with Gasteiger partial charge in [-0.3, -0.25) is 0 Å². The summed E-state index contributed by atoms with van der Waals surface area (Å²) in [5.74, 6) is 3.77. The summed E-state index contributed by atoms with van der Waals surface area (Å²) >= 11 is 1.90. The van der Waals surface area contributed by atoms with E-state index in [9.17, 15) is 0 Å². The summed E-state index contributed by atoms with van der Waals surface area (Å²) in [4.78, 5) is 2.16. The first kappa shape index (κ1) is 11.3. The quantitative estimate of drug-likeness (QED) is 0.676. The molecule has 1 unspecified atom stereocenters. The fourth-order valence-electron chi connectivity index (χ4n) is 1.97. The number of hydrogen-bond donors (Lipinski definition) is 2. The van der Waals surface area contributed by atoms with E-state index >= 15 is 0 Å². The third kappa shape index (κ3) is 2.30. The average Bonchev–Trinajstić information content (AvgIpc) is 2.61. The molecule has 86 valence electrons. The number of nitrogens with one attached hydrogen (secondary N) is 1. The summed E-state index contributed by atoms with van der Waals surface area (Å²) in [6.07, 6.45) is 7.22. The first-order valence-electron chi connectivity index (χ1n) is 5.31. The molecule has 0 saturated carbocycles. The normalized spacial score (nSPS) is 28.8. The van der Waals surface area contributed by atoms with Gasteiger partial charge in [-0.05, 0) is 30.7 Å². The Labute approximate surface area is 101 Å². The van der Waals surface area contributed by atoms with Crippen LogP contribution in [0.2, 0.25) is 0 Å². The van der Waals surface area contributed by atoms with Crippen molar-refractivity contribution in [3.8, 4) is 12.0 Å². The highest BCUT2D eigenvalue weighted by Crippen LogP contribution is 2.30. The summed E-state index contributed by atoms with van der Waals surface area (Å²) in [6, 6.07) is 0.0775. The van der Waals surface area contributed by atoms with Gasteiger partial charge in [0.1, 0.15) is 6.11 Å². The van der Waals surface area contributed by atoms with Gasteiger partial charge in [-0.1, -0.05) is 0 Å². The molecule has 2 aliphatic rings. The van der Waals surface area contributed by atoms with Crippen molar-refractivity contribution in [3.63, 3.8) is 0 Å². The van der Waals surface area contributed by atoms with Crippen molar-refractivity contribution >= 4 is 11.8 Å². The molecule has 0 fully saturated rings. The second-order valence-electron chi connectivity index (χ2n) is 4.17. The summed E-state index contributed by atoms with van der Waals surface area (Å²) in [5.41, 5.74) is 2.61. The van der Waals surface area contributed by atoms with Crippen molar-refractivity contribution in [2.75, 3.05) is 12.9 Å². The SMILES string of the molecule is CC1=C(C2C=CN(C)CS2)N[C@@H](C#CO)C1. The van der Waals surface area contributed by atoms with Gasteiger partial charge < -0.3 is 15.3 Å². The Morgan fingerprint density at radius 3 is 3.06 bits per heavy atom. The molecule has 4 heteroatoms. The predicted octanol–water partition coefficient (Wildman–Crippen LogP) is 1.47. The molecular formula is C12H16N2OS. The molecular weight excluding hydrogens is 220 g/mol. The molecule has 2 N–H and O–H groups in total. The van der Waals surface area contributed by atoms with Crippen molar-refractivity contribution in [3.05, 3.63) is 23.5 Å². The number of hydrogen-bond acceptors (Lipinski definition) is 4. The minimum absolute atomic E-state index is 0.0775. The van der Waals surface area contributed by atoms with E-state index in [0.29, 0.717) is 5.25 Å². The van der Waals surface area contributed by atoms with Crippen molar-refractivity contribution in [2.45, 2.75) is 24.6 Å². The molecule has 16 heavy (non-hydrogen) atoms. The van der Waals surface area contributed by atoms with Gasteiger partial charge in [-0.2, -0.15) is 0 Å². The molecule has 0 aromatic heterocycles. The van der Waals surface area contributed by atoms with Gasteiger partial charge in [0.2, 0.25) is 0 Å². The Kier molecular flexibility index (Phi) is 3.35. The maximum Gasteiger partial charge on any atom is 0.109 e. The van der Waals surface area contributed by atoms with Crippen LogP contribution in [-0.2, 0) is 0 Å². The monoisotopic (exact) mass is 236 g/mol. The number of nitrogens with zero attached hydrogens (tertiary/aromatic N) is 1. The summed E-state index contributed by atoms with van der Waals surface area (Å²) < 4.78 is 0. The maximum absolute atomic E-state index is 8.60. The summed E-state index contributed by atoms with van der Waals surface area (Å²) in [5, 5.41) is 12.4. The smallest absolute Gasteiger partial charge is 0.109 e. The molecule has 0 radical (unpaired) electrons. The lowest BCUT2D eigenvalue weighted by molar-refractivity contribution is 0.514. The molecule has 0 aromatic rings. The lowest BCUT2D eigenvalue weighted by Gasteiger charge is -2.25. The molecule has 0 spiro atoms. The van der Waals surface area contributed by atoms with Gasteiger partial charge in [0.25, 0.3) is 0 Å². The number of thioether (sulfide) groups is 1. The molecule has 0 amide bonds. The zero-order chi connectivity index (χ0) is 11.5. The van der Waals surface area contributed by atoms with Gasteiger partial charge in [0.15, 0.2) is 0 Å². The molecule has 0 aliphatic carbocycles. The highest BCUT2D eigenvalue weighted by Gasteiger charge is 2.25. The number of rotatable bonds is 1. The molecule has 0 bridgehead atoms. The van der Waals surface area contributed by atoms with Crippen LogP contribution in [0.15, 0.2) is 23.5 Å². The molecule has 2 atom stereocenters. The Hall–Kier alpha value is -1.21. The minimum atomic E-state index is 0.0775. The Bertz CT molecular complexity index is 392. The van der Waals surface area contributed by atoms with E-state index in [0.717, 1.165) is 12.3 Å². The largest absolute Gasteiger partial charge is 0.462 e. The molecule has 2 rings (SSSR count). The highest BCUT2D eigenvalue weighted by molar-refractivity contribution is 8.00. The van der Waals surface area contributed by atoms with E-state index in [-0.39, 0.29) is 6.04 Å². The zero-order valence-electron chi connectivity index (χ0n) is 9.53. The third-order valence-corrected chi connectivity index (χ3v) is 4.10. The standard InChI is InChI=1S/C12H16N2OS/c1-9-7-10(4-6-15)13-12(9)11-3-5-14(2)8-16-11/h3,5,10-11,13,15H,7-8H2,1-2H3/t10-,11?/m0/s1. The Morgan fingerprint density at radius 2 is 2.44 bits per heavy atom. The molecule has 2 heterocycles. The van der Waals surface area contributed by atoms with Crippen LogP contribution < -0.4 is 5.32 Å². The first-order chi connectivity index (χ1) is 7.70. The van der Waals surface area contributed by atoms with Crippen LogP contribution in [0, 0.1) is 12.0 Å². The van der Waals surface area contributed by atoms with Crippen molar-refractivity contribution in [1.82, 2.24) is 10.2 Å². The van der Waals surface area contributed by atoms with Crippen molar-refractivity contribution in [1.29, 1.82) is 0 Å². The van der Waals surface area contributed by atoms with Gasteiger partial charge in [-0.25, -0.2) is 0 Å². The predicted molar refractivity (Wildman–Crippen MR) is 67.1 cm³/mol. The van der Waals surface area contributed by atoms with Crippen molar-refractivity contribution < 1.29 is 5.11 Å². The summed E-state index contributed by atoms with van der Waals surface area (Å²) in [6.45, 7) is 2.13. The van der Waals surface area contributed by atoms with Gasteiger partial charge in [-0.15, -0.1) is 11.8 Å². The van der Waals surface area contributed by atoms with E-state index in [4.69, 9.17) is 5.11 Å². The van der Waals surface area contributed by atoms with E-state index < -0.39 is 0 Å². The van der Waals surface area contributed by atoms with E-state index in [1.807, 2.05) is 17.9 Å². The van der Waals surface area contributed by atoms with Gasteiger partial charge >= 0.3 is 0 Å². The van der Waals surface area contributed by atoms with Gasteiger partial charge in [0.05, 0.1) is 17.2 Å². The second kappa shape index (κ2) is 4.75. The zero-order valence-corrected chi connectivity index (χ0v) is 10.3. The van der Waals surface area contributed by atoms with Crippen LogP contribution in [-0.4, -0.2) is 34.2 Å². The average molecular weight is 236 g/mol. The van der Waals surface area contributed by atoms with Crippen molar-refractivity contribution in [2.24, 2.45) is 0 Å². The van der Waals surface area contributed by atoms with Gasteiger partial charge in [0, 0.05) is 19.2 Å². The maximum atomic E-state index is 8.60. The third-order valence-electron chi connectivity index (χ3n) is 2.80. The number of aliphatic hydroxyl groups excluding tert-OH is 1. The van der Waals surface area contributed by atoms with Crippen LogP contribution in [0.1, 0.15) is 13.3 Å². The fourth-order valence-corrected chi connectivity index (χ4v) is 3.07. The molecule has 0 aromatic carbocycles. The Morgan fingerprint density at radius 1 is 1.62 bits per heavy atom. The van der Waals surface area contributed by atoms with Crippen LogP contribution in [0.4, 0.5) is 0 Å². The van der Waals surface area contributed by atoms with Crippen LogP contribution in [0.25, 0.3) is 0 Å². The van der Waals surface area contributed by atoms with Crippen LogP contribution in [0.5, 0.6) is 0 Å². The second-order valence-corrected chi connectivity index (χ2v) is 5.27. The first-order valence-corrected chi connectivity index (χ1v) is 6.36. The van der Waals surface area contributed by atoms with E-state index in [1.54, 1.807) is 0 Å². The molecule has 3 nitrogen and oxygen atoms in total. The topological polar surface area (TPSA) is 35.5 Å². The molecule has 0 saturated heterocycles. The fraction of sp³-hybridized carbons (Fsp3) is 0.500. The molecule has 2 aliphatic heterocycles. The highest BCUT2D eigenvalue weighted by atomic mass is 32.2. The van der Waals surface area contributed by atoms with E-state index in [1.165, 1.54) is 11.3 Å². The summed E-state index contributed by atoms with van der Waals surface area (Å²) in [7, 11) is 2.07. The lowest BCUT2D eigenvalue weighted by Crippen LogP contribution is -2.28. The van der Waals surface area contributed by atoms with Crippen LogP contribution in [0.3, 0.4) is 0 Å². The van der Waals surface area contributed by atoms with Crippen LogP contribution >= 0.6 is 11.8 Å². The number of aliphatic hydroxyl groups is 1.